The molecule has 0 radical (unpaired) electrons. The van der Waals surface area contributed by atoms with Crippen LogP contribution in [-0.4, -0.2) is 29.9 Å². The summed E-state index contributed by atoms with van der Waals surface area (Å²) in [6, 6.07) is 0.218. The van der Waals surface area contributed by atoms with Crippen molar-refractivity contribution in [1.82, 2.24) is 4.90 Å². The molecule has 1 aliphatic heterocycles. The number of halogens is 1. The van der Waals surface area contributed by atoms with Crippen molar-refractivity contribution in [3.8, 4) is 0 Å². The first kappa shape index (κ1) is 10.7. The highest BCUT2D eigenvalue weighted by molar-refractivity contribution is 5.85. The Morgan fingerprint density at radius 3 is 2.73 bits per heavy atom. The van der Waals surface area contributed by atoms with E-state index in [1.807, 2.05) is 11.8 Å². The van der Waals surface area contributed by atoms with Gasteiger partial charge in [0.1, 0.15) is 0 Å². The van der Waals surface area contributed by atoms with E-state index < -0.39 is 0 Å². The molecule has 1 rings (SSSR count). The topological polar surface area (TPSA) is 46.3 Å². The van der Waals surface area contributed by atoms with Gasteiger partial charge in [-0.05, 0) is 6.42 Å². The van der Waals surface area contributed by atoms with Gasteiger partial charge in [0.05, 0.1) is 0 Å². The summed E-state index contributed by atoms with van der Waals surface area (Å²) in [6.07, 6.45) is 1.57. The van der Waals surface area contributed by atoms with Crippen LogP contribution in [0.15, 0.2) is 0 Å². The van der Waals surface area contributed by atoms with Crippen molar-refractivity contribution >= 4 is 18.3 Å². The first-order valence-electron chi connectivity index (χ1n) is 3.77. The number of rotatable bonds is 1. The number of nitrogens with two attached hydrogens (primary N) is 1. The number of amides is 1. The fraction of sp³-hybridized carbons (Fsp3) is 0.857. The van der Waals surface area contributed by atoms with Gasteiger partial charge in [0, 0.05) is 25.6 Å². The summed E-state index contributed by atoms with van der Waals surface area (Å²) in [6.45, 7) is 3.49. The molecule has 0 aromatic carbocycles. The zero-order chi connectivity index (χ0) is 7.56. The fourth-order valence-electron chi connectivity index (χ4n) is 1.24. The minimum atomic E-state index is 0. The molecule has 4 heteroatoms. The van der Waals surface area contributed by atoms with Gasteiger partial charge in [-0.25, -0.2) is 0 Å². The predicted molar refractivity (Wildman–Crippen MR) is 46.7 cm³/mol. The predicted octanol–water partition coefficient (Wildman–Crippen LogP) is 0.378. The summed E-state index contributed by atoms with van der Waals surface area (Å²) < 4.78 is 0. The third-order valence-corrected chi connectivity index (χ3v) is 1.88. The Hall–Kier alpha value is -0.280. The van der Waals surface area contributed by atoms with Gasteiger partial charge in [-0.1, -0.05) is 6.92 Å². The average molecular weight is 179 g/mol. The van der Waals surface area contributed by atoms with Crippen LogP contribution in [0, 0.1) is 0 Å². The highest BCUT2D eigenvalue weighted by Crippen LogP contribution is 2.07. The summed E-state index contributed by atoms with van der Waals surface area (Å²) in [7, 11) is 0. The third kappa shape index (κ3) is 2.67. The molecule has 0 aliphatic carbocycles. The van der Waals surface area contributed by atoms with Gasteiger partial charge >= 0.3 is 0 Å². The van der Waals surface area contributed by atoms with E-state index in [1.54, 1.807) is 0 Å². The normalized spacial score (nSPS) is 23.1. The van der Waals surface area contributed by atoms with Crippen LogP contribution in [-0.2, 0) is 4.79 Å². The maximum Gasteiger partial charge on any atom is 0.222 e. The van der Waals surface area contributed by atoms with Crippen LogP contribution in [0.2, 0.25) is 0 Å². The summed E-state index contributed by atoms with van der Waals surface area (Å²) in [5.41, 5.74) is 5.62. The van der Waals surface area contributed by atoms with Gasteiger partial charge in [-0.15, -0.1) is 12.4 Å². The van der Waals surface area contributed by atoms with E-state index in [-0.39, 0.29) is 24.4 Å². The number of hydrogen-bond acceptors (Lipinski definition) is 2. The van der Waals surface area contributed by atoms with Crippen molar-refractivity contribution < 1.29 is 4.79 Å². The van der Waals surface area contributed by atoms with E-state index in [1.165, 1.54) is 0 Å². The van der Waals surface area contributed by atoms with Crippen LogP contribution in [0.5, 0.6) is 0 Å². The third-order valence-electron chi connectivity index (χ3n) is 1.88. The molecule has 1 fully saturated rings. The Morgan fingerprint density at radius 2 is 2.36 bits per heavy atom. The van der Waals surface area contributed by atoms with E-state index in [9.17, 15) is 4.79 Å². The van der Waals surface area contributed by atoms with Gasteiger partial charge < -0.3 is 10.6 Å². The fourth-order valence-corrected chi connectivity index (χ4v) is 1.24. The van der Waals surface area contributed by atoms with Crippen molar-refractivity contribution in [2.75, 3.05) is 13.1 Å². The molecule has 3 nitrogen and oxygen atoms in total. The van der Waals surface area contributed by atoms with Gasteiger partial charge in [-0.3, -0.25) is 4.79 Å². The first-order valence-corrected chi connectivity index (χ1v) is 3.77. The lowest BCUT2D eigenvalue weighted by Crippen LogP contribution is -2.31. The van der Waals surface area contributed by atoms with Gasteiger partial charge in [0.15, 0.2) is 0 Å². The maximum absolute atomic E-state index is 11.0. The lowest BCUT2D eigenvalue weighted by atomic mass is 10.3. The first-order chi connectivity index (χ1) is 4.74. The Kier molecular flexibility index (Phi) is 4.45. The quantitative estimate of drug-likeness (QED) is 0.631. The van der Waals surface area contributed by atoms with Crippen LogP contribution in [0.25, 0.3) is 0 Å². The average Bonchev–Trinajstić information content (AvgIpc) is 2.34. The Morgan fingerprint density at radius 1 is 1.73 bits per heavy atom. The number of likely N-dealkylation sites (tertiary alicyclic amines) is 1. The van der Waals surface area contributed by atoms with E-state index in [0.717, 1.165) is 19.5 Å². The maximum atomic E-state index is 11.0. The largest absolute Gasteiger partial charge is 0.341 e. The second-order valence-corrected chi connectivity index (χ2v) is 2.74. The second-order valence-electron chi connectivity index (χ2n) is 2.74. The van der Waals surface area contributed by atoms with E-state index in [2.05, 4.69) is 0 Å². The highest BCUT2D eigenvalue weighted by atomic mass is 35.5. The Balaban J connectivity index is 0.000001000. The lowest BCUT2D eigenvalue weighted by Gasteiger charge is -2.13. The van der Waals surface area contributed by atoms with Crippen LogP contribution in [0.1, 0.15) is 19.8 Å². The smallest absolute Gasteiger partial charge is 0.222 e. The van der Waals surface area contributed by atoms with Crippen LogP contribution in [0.3, 0.4) is 0 Å². The van der Waals surface area contributed by atoms with Crippen molar-refractivity contribution in [1.29, 1.82) is 0 Å². The molecule has 0 spiro atoms. The zero-order valence-electron chi connectivity index (χ0n) is 6.75. The van der Waals surface area contributed by atoms with Crippen LogP contribution < -0.4 is 5.73 Å². The zero-order valence-corrected chi connectivity index (χ0v) is 7.56. The van der Waals surface area contributed by atoms with Gasteiger partial charge in [0.25, 0.3) is 0 Å². The molecule has 1 saturated heterocycles. The minimum Gasteiger partial charge on any atom is -0.341 e. The molecule has 1 heterocycles. The van der Waals surface area contributed by atoms with Gasteiger partial charge in [0.2, 0.25) is 5.91 Å². The molecule has 1 amide bonds. The molecule has 66 valence electrons. The lowest BCUT2D eigenvalue weighted by molar-refractivity contribution is -0.129. The summed E-state index contributed by atoms with van der Waals surface area (Å²) >= 11 is 0. The molecule has 11 heavy (non-hydrogen) atoms. The van der Waals surface area contributed by atoms with E-state index in [4.69, 9.17) is 5.73 Å². The summed E-state index contributed by atoms with van der Waals surface area (Å²) in [5, 5.41) is 0. The minimum absolute atomic E-state index is 0. The molecule has 2 N–H and O–H groups in total. The molecule has 1 atom stereocenters. The molecule has 0 unspecified atom stereocenters. The SMILES string of the molecule is CCC(=O)N1CC[C@H](N)C1.Cl. The molecule has 1 aliphatic rings. The standard InChI is InChI=1S/C7H14N2O.ClH/c1-2-7(10)9-4-3-6(8)5-9;/h6H,2-5,8H2,1H3;1H/t6-;/m0./s1. The van der Waals surface area contributed by atoms with Crippen LogP contribution in [0.4, 0.5) is 0 Å². The monoisotopic (exact) mass is 178 g/mol. The molecule has 0 aromatic rings. The molecule has 0 bridgehead atoms. The molecular formula is C7H15ClN2O. The second kappa shape index (κ2) is 4.57. The number of nitrogens with zero attached hydrogens (tertiary/aromatic N) is 1. The Bertz CT molecular complexity index is 140. The highest BCUT2D eigenvalue weighted by Gasteiger charge is 2.21. The van der Waals surface area contributed by atoms with Crippen molar-refractivity contribution in [2.24, 2.45) is 5.73 Å². The molecule has 0 saturated carbocycles. The van der Waals surface area contributed by atoms with E-state index in [0.29, 0.717) is 6.42 Å². The number of carbonyl (C=O) groups excluding carboxylic acids is 1. The van der Waals surface area contributed by atoms with Crippen molar-refractivity contribution in [2.45, 2.75) is 25.8 Å². The number of hydrogen-bond donors (Lipinski definition) is 1. The number of carbonyl (C=O) groups is 1. The molecular weight excluding hydrogens is 164 g/mol. The van der Waals surface area contributed by atoms with Crippen molar-refractivity contribution in [3.05, 3.63) is 0 Å². The summed E-state index contributed by atoms with van der Waals surface area (Å²) in [5.74, 6) is 0.230. The molecule has 0 aromatic heterocycles. The summed E-state index contributed by atoms with van der Waals surface area (Å²) in [4.78, 5) is 12.9. The Labute approximate surface area is 73.3 Å². The van der Waals surface area contributed by atoms with E-state index >= 15 is 0 Å². The van der Waals surface area contributed by atoms with Crippen LogP contribution >= 0.6 is 12.4 Å². The van der Waals surface area contributed by atoms with Gasteiger partial charge in [-0.2, -0.15) is 0 Å². The van der Waals surface area contributed by atoms with Crippen molar-refractivity contribution in [3.63, 3.8) is 0 Å².